The molecule has 0 aromatic carbocycles. The second-order valence-corrected chi connectivity index (χ2v) is 7.01. The first-order chi connectivity index (χ1) is 15.4. The highest BCUT2D eigenvalue weighted by atomic mass is 19.4. The fourth-order valence-electron chi connectivity index (χ4n) is 3.14. The van der Waals surface area contributed by atoms with Crippen molar-refractivity contribution in [2.45, 2.75) is 24.6 Å². The number of hydrogen-bond donors (Lipinski definition) is 0. The van der Waals surface area contributed by atoms with Gasteiger partial charge in [-0.25, -0.2) is 9.97 Å². The van der Waals surface area contributed by atoms with Crippen molar-refractivity contribution < 1.29 is 30.7 Å². The number of nitriles is 1. The van der Waals surface area contributed by atoms with Crippen LogP contribution in [0.3, 0.4) is 0 Å². The third-order valence-corrected chi connectivity index (χ3v) is 4.77. The third kappa shape index (κ3) is 3.88. The van der Waals surface area contributed by atoms with E-state index in [9.17, 15) is 30.7 Å². The van der Waals surface area contributed by atoms with E-state index >= 15 is 0 Å². The minimum atomic E-state index is -6.42. The van der Waals surface area contributed by atoms with Crippen LogP contribution in [0.25, 0.3) is 28.2 Å². The molecular weight excluding hydrogens is 457 g/mol. The fourth-order valence-corrected chi connectivity index (χ4v) is 3.14. The zero-order valence-electron chi connectivity index (χ0n) is 16.2. The van der Waals surface area contributed by atoms with Crippen LogP contribution in [-0.4, -0.2) is 42.2 Å². The standard InChI is InChI=1S/C20H11F7N6/c21-18(22,19(23,24)20(25,26)27)11-32-10-13(9-30-32)16-6-12(7-17-29-4-5-33(16)17)15-3-1-2-14(8-28)31-15/h1-7,9-10H,11H2. The molecule has 0 spiro atoms. The van der Waals surface area contributed by atoms with Gasteiger partial charge >= 0.3 is 18.0 Å². The molecule has 0 N–H and O–H groups in total. The highest BCUT2D eigenvalue weighted by molar-refractivity contribution is 5.73. The van der Waals surface area contributed by atoms with Crippen LogP contribution >= 0.6 is 0 Å². The molecule has 33 heavy (non-hydrogen) atoms. The first-order valence-corrected chi connectivity index (χ1v) is 9.13. The lowest BCUT2D eigenvalue weighted by Gasteiger charge is -2.27. The van der Waals surface area contributed by atoms with Crippen LogP contribution in [0.1, 0.15) is 5.69 Å². The Hall–Kier alpha value is -3.95. The number of alkyl halides is 7. The van der Waals surface area contributed by atoms with E-state index < -0.39 is 24.6 Å². The first-order valence-electron chi connectivity index (χ1n) is 9.13. The molecule has 0 unspecified atom stereocenters. The Bertz CT molecular complexity index is 1360. The van der Waals surface area contributed by atoms with Gasteiger partial charge in [0.1, 0.15) is 24.0 Å². The Morgan fingerprint density at radius 1 is 1.00 bits per heavy atom. The molecule has 0 aliphatic heterocycles. The predicted molar refractivity (Wildman–Crippen MR) is 100 cm³/mol. The number of halogens is 7. The fraction of sp³-hybridized carbons (Fsp3) is 0.200. The molecule has 4 aromatic rings. The quantitative estimate of drug-likeness (QED) is 0.388. The summed E-state index contributed by atoms with van der Waals surface area (Å²) in [5.41, 5.74) is 1.96. The van der Waals surface area contributed by atoms with Gasteiger partial charge in [0.05, 0.1) is 17.6 Å². The van der Waals surface area contributed by atoms with Gasteiger partial charge in [-0.05, 0) is 24.3 Å². The summed E-state index contributed by atoms with van der Waals surface area (Å²) in [5.74, 6) is -11.7. The Labute approximate surface area is 180 Å². The van der Waals surface area contributed by atoms with Gasteiger partial charge in [0, 0.05) is 29.7 Å². The van der Waals surface area contributed by atoms with E-state index in [1.807, 2.05) is 6.07 Å². The van der Waals surface area contributed by atoms with Crippen LogP contribution in [0.2, 0.25) is 0 Å². The van der Waals surface area contributed by atoms with Gasteiger partial charge in [0.2, 0.25) is 0 Å². The highest BCUT2D eigenvalue weighted by Crippen LogP contribution is 2.47. The van der Waals surface area contributed by atoms with Gasteiger partial charge in [-0.2, -0.15) is 41.1 Å². The zero-order chi connectivity index (χ0) is 24.0. The van der Waals surface area contributed by atoms with E-state index in [4.69, 9.17) is 5.26 Å². The van der Waals surface area contributed by atoms with Crippen molar-refractivity contribution in [2.24, 2.45) is 0 Å². The largest absolute Gasteiger partial charge is 0.459 e. The molecule has 0 saturated carbocycles. The summed E-state index contributed by atoms with van der Waals surface area (Å²) in [6.07, 6.45) is -1.45. The van der Waals surface area contributed by atoms with Gasteiger partial charge in [0.25, 0.3) is 0 Å². The smallest absolute Gasteiger partial charge is 0.300 e. The summed E-state index contributed by atoms with van der Waals surface area (Å²) >= 11 is 0. The molecule has 0 atom stereocenters. The predicted octanol–water partition coefficient (Wildman–Crippen LogP) is 4.96. The summed E-state index contributed by atoms with van der Waals surface area (Å²) in [5, 5.41) is 12.6. The van der Waals surface area contributed by atoms with Crippen LogP contribution in [0.4, 0.5) is 30.7 Å². The van der Waals surface area contributed by atoms with E-state index in [2.05, 4.69) is 15.1 Å². The maximum absolute atomic E-state index is 13.8. The number of imidazole rings is 1. The van der Waals surface area contributed by atoms with Crippen molar-refractivity contribution in [1.29, 1.82) is 5.26 Å². The van der Waals surface area contributed by atoms with Crippen molar-refractivity contribution in [2.75, 3.05) is 0 Å². The SMILES string of the molecule is N#Cc1cccc(-c2cc(-c3cnn(CC(F)(F)C(F)(F)C(F)(F)F)c3)n3ccnc3c2)n1. The van der Waals surface area contributed by atoms with Crippen LogP contribution in [0.5, 0.6) is 0 Å². The maximum atomic E-state index is 13.8. The molecule has 0 aliphatic carbocycles. The van der Waals surface area contributed by atoms with Crippen LogP contribution in [0, 0.1) is 11.3 Å². The van der Waals surface area contributed by atoms with E-state index in [1.165, 1.54) is 18.5 Å². The Morgan fingerprint density at radius 3 is 2.45 bits per heavy atom. The van der Waals surface area contributed by atoms with Crippen molar-refractivity contribution in [3.63, 3.8) is 0 Å². The van der Waals surface area contributed by atoms with Gasteiger partial charge in [-0.1, -0.05) is 6.07 Å². The summed E-state index contributed by atoms with van der Waals surface area (Å²) in [6, 6.07) is 9.86. The lowest BCUT2D eigenvalue weighted by atomic mass is 10.1. The molecule has 0 bridgehead atoms. The summed E-state index contributed by atoms with van der Waals surface area (Å²) in [7, 11) is 0. The molecular formula is C20H11F7N6. The van der Waals surface area contributed by atoms with E-state index in [-0.39, 0.29) is 11.3 Å². The van der Waals surface area contributed by atoms with Crippen LogP contribution in [-0.2, 0) is 6.54 Å². The molecule has 0 amide bonds. The molecule has 4 rings (SSSR count). The molecule has 4 heterocycles. The minimum absolute atomic E-state index is 0.151. The van der Waals surface area contributed by atoms with E-state index in [1.54, 1.807) is 28.7 Å². The zero-order valence-corrected chi connectivity index (χ0v) is 16.2. The van der Waals surface area contributed by atoms with E-state index in [0.717, 1.165) is 12.4 Å². The lowest BCUT2D eigenvalue weighted by Crippen LogP contribution is -2.53. The minimum Gasteiger partial charge on any atom is -0.300 e. The van der Waals surface area contributed by atoms with Crippen molar-refractivity contribution in [3.8, 4) is 28.6 Å². The summed E-state index contributed by atoms with van der Waals surface area (Å²) in [6.45, 7) is -1.99. The van der Waals surface area contributed by atoms with Crippen LogP contribution in [0.15, 0.2) is 55.1 Å². The molecule has 0 fully saturated rings. The summed E-state index contributed by atoms with van der Waals surface area (Å²) in [4.78, 5) is 8.34. The molecule has 13 heteroatoms. The number of rotatable bonds is 5. The molecule has 0 saturated heterocycles. The molecule has 0 aliphatic rings. The van der Waals surface area contributed by atoms with Crippen LogP contribution < -0.4 is 0 Å². The second-order valence-electron chi connectivity index (χ2n) is 7.01. The van der Waals surface area contributed by atoms with Gasteiger partial charge in [-0.3, -0.25) is 9.08 Å². The average Bonchev–Trinajstić information content (AvgIpc) is 3.41. The topological polar surface area (TPSA) is 71.8 Å². The second kappa shape index (κ2) is 7.58. The molecule has 6 nitrogen and oxygen atoms in total. The molecule has 4 aromatic heterocycles. The number of pyridine rings is 2. The number of aromatic nitrogens is 5. The van der Waals surface area contributed by atoms with E-state index in [0.29, 0.717) is 27.3 Å². The molecule has 0 radical (unpaired) electrons. The van der Waals surface area contributed by atoms with Crippen molar-refractivity contribution in [1.82, 2.24) is 24.1 Å². The number of hydrogen-bond acceptors (Lipinski definition) is 4. The highest BCUT2D eigenvalue weighted by Gasteiger charge is 2.73. The average molecular weight is 468 g/mol. The number of fused-ring (bicyclic) bond motifs is 1. The van der Waals surface area contributed by atoms with Gasteiger partial charge < -0.3 is 0 Å². The first kappa shape index (κ1) is 22.3. The van der Waals surface area contributed by atoms with Gasteiger partial charge in [0.15, 0.2) is 0 Å². The lowest BCUT2D eigenvalue weighted by molar-refractivity contribution is -0.357. The summed E-state index contributed by atoms with van der Waals surface area (Å²) < 4.78 is 93.1. The Kier molecular flexibility index (Phi) is 5.11. The normalized spacial score (nSPS) is 12.8. The Morgan fingerprint density at radius 2 is 1.76 bits per heavy atom. The number of nitrogens with zero attached hydrogens (tertiary/aromatic N) is 6. The molecule has 170 valence electrons. The Balaban J connectivity index is 1.74. The maximum Gasteiger partial charge on any atom is 0.459 e. The van der Waals surface area contributed by atoms with Crippen molar-refractivity contribution in [3.05, 3.63) is 60.8 Å². The third-order valence-electron chi connectivity index (χ3n) is 4.77. The monoisotopic (exact) mass is 468 g/mol. The van der Waals surface area contributed by atoms with Crippen molar-refractivity contribution >= 4 is 5.65 Å². The van der Waals surface area contributed by atoms with Gasteiger partial charge in [-0.15, -0.1) is 0 Å².